The predicted octanol–water partition coefficient (Wildman–Crippen LogP) is 10.8. The number of carboxylic acids is 2. The van der Waals surface area contributed by atoms with Gasteiger partial charge >= 0.3 is 23.9 Å². The zero-order chi connectivity index (χ0) is 45.8. The van der Waals surface area contributed by atoms with Crippen LogP contribution >= 0.6 is 0 Å². The van der Waals surface area contributed by atoms with Crippen molar-refractivity contribution in [1.29, 1.82) is 0 Å². The van der Waals surface area contributed by atoms with Gasteiger partial charge in [0.05, 0.1) is 57.0 Å². The zero-order valence-electron chi connectivity index (χ0n) is 36.4. The maximum absolute atomic E-state index is 12.7. The first-order valence-electron chi connectivity index (χ1n) is 20.6. The van der Waals surface area contributed by atoms with Gasteiger partial charge in [0.2, 0.25) is 0 Å². The number of aromatic nitrogens is 4. The summed E-state index contributed by atoms with van der Waals surface area (Å²) in [5.74, 6) is -2.63. The standard InChI is InChI=1S/2C26H24N2O4/c1-26(2,3)32-25(31)21-7-5-4-6-20(21)18-10-8-17(9-11-18)15-28-16-27-22-14-19(24(29)30)12-13-23(22)28;1-26(2,3)32-25(31)21-7-5-4-6-20(21)18-10-8-17(9-11-18)15-28-16-27-22-13-12-19(24(29)30)14-23(22)28/h2*4-14,16H,15H2,1-3H3,(H,29,30). The van der Waals surface area contributed by atoms with Gasteiger partial charge in [-0.25, -0.2) is 29.1 Å². The minimum absolute atomic E-state index is 0.218. The third-order valence-corrected chi connectivity index (χ3v) is 10.1. The number of nitrogens with zero attached hydrogens (tertiary/aromatic N) is 4. The van der Waals surface area contributed by atoms with E-state index < -0.39 is 23.1 Å². The molecular formula is C52H48N4O8. The fourth-order valence-corrected chi connectivity index (χ4v) is 7.10. The van der Waals surface area contributed by atoms with Gasteiger partial charge in [-0.1, -0.05) is 84.9 Å². The highest BCUT2D eigenvalue weighted by molar-refractivity contribution is 5.98. The number of carboxylic acid groups (broad SMARTS) is 2. The Hall–Kier alpha value is -7.86. The molecule has 0 saturated carbocycles. The van der Waals surface area contributed by atoms with E-state index in [9.17, 15) is 24.3 Å². The second kappa shape index (κ2) is 18.2. The highest BCUT2D eigenvalue weighted by atomic mass is 16.6. The Labute approximate surface area is 370 Å². The summed E-state index contributed by atoms with van der Waals surface area (Å²) in [5, 5.41) is 18.4. The van der Waals surface area contributed by atoms with Crippen molar-refractivity contribution < 1.29 is 38.9 Å². The molecule has 0 saturated heterocycles. The lowest BCUT2D eigenvalue weighted by atomic mass is 9.98. The summed E-state index contributed by atoms with van der Waals surface area (Å²) in [4.78, 5) is 56.5. The largest absolute Gasteiger partial charge is 0.478 e. The first-order chi connectivity index (χ1) is 30.4. The Morgan fingerprint density at radius 1 is 0.500 bits per heavy atom. The number of carbonyl (C=O) groups excluding carboxylic acids is 2. The van der Waals surface area contributed by atoms with Crippen LogP contribution in [0.5, 0.6) is 0 Å². The van der Waals surface area contributed by atoms with E-state index in [1.807, 2.05) is 136 Å². The zero-order valence-corrected chi connectivity index (χ0v) is 36.4. The normalized spacial score (nSPS) is 11.5. The molecule has 2 aromatic heterocycles. The van der Waals surface area contributed by atoms with Crippen LogP contribution in [-0.4, -0.2) is 64.4 Å². The molecule has 0 spiro atoms. The second-order valence-corrected chi connectivity index (χ2v) is 17.3. The van der Waals surface area contributed by atoms with Crippen LogP contribution in [0.3, 0.4) is 0 Å². The molecule has 2 heterocycles. The lowest BCUT2D eigenvalue weighted by molar-refractivity contribution is 0.00578. The van der Waals surface area contributed by atoms with E-state index in [-0.39, 0.29) is 23.1 Å². The van der Waals surface area contributed by atoms with Gasteiger partial charge in [0, 0.05) is 13.1 Å². The first-order valence-corrected chi connectivity index (χ1v) is 20.6. The molecule has 12 heteroatoms. The molecule has 0 aliphatic heterocycles. The molecule has 0 unspecified atom stereocenters. The Balaban J connectivity index is 0.000000191. The average molecular weight is 857 g/mol. The number of carbonyl (C=O) groups is 4. The fraction of sp³-hybridized carbons (Fsp3) is 0.192. The van der Waals surface area contributed by atoms with E-state index in [1.54, 1.807) is 61.2 Å². The van der Waals surface area contributed by atoms with Crippen molar-refractivity contribution in [3.63, 3.8) is 0 Å². The van der Waals surface area contributed by atoms with Gasteiger partial charge in [-0.3, -0.25) is 0 Å². The van der Waals surface area contributed by atoms with Gasteiger partial charge in [0.15, 0.2) is 0 Å². The van der Waals surface area contributed by atoms with Crippen molar-refractivity contribution in [2.45, 2.75) is 65.8 Å². The summed E-state index contributed by atoms with van der Waals surface area (Å²) in [7, 11) is 0. The quantitative estimate of drug-likeness (QED) is 0.127. The van der Waals surface area contributed by atoms with Crippen LogP contribution in [0.1, 0.15) is 94.1 Å². The smallest absolute Gasteiger partial charge is 0.339 e. The molecule has 0 aliphatic rings. The monoisotopic (exact) mass is 856 g/mol. The summed E-state index contributed by atoms with van der Waals surface area (Å²) in [6.07, 6.45) is 3.42. The molecule has 64 heavy (non-hydrogen) atoms. The average Bonchev–Trinajstić information content (AvgIpc) is 3.86. The van der Waals surface area contributed by atoms with Crippen molar-refractivity contribution >= 4 is 45.9 Å². The SMILES string of the molecule is CC(C)(C)OC(=O)c1ccccc1-c1ccc(Cn2cnc3cc(C(=O)O)ccc32)cc1.CC(C)(C)OC(=O)c1ccccc1-c1ccc(Cn2cnc3ccc(C(=O)O)cc32)cc1. The molecule has 0 atom stereocenters. The predicted molar refractivity (Wildman–Crippen MR) is 246 cm³/mol. The number of ether oxygens (including phenoxy) is 2. The summed E-state index contributed by atoms with van der Waals surface area (Å²) >= 11 is 0. The highest BCUT2D eigenvalue weighted by Crippen LogP contribution is 2.29. The van der Waals surface area contributed by atoms with Crippen LogP contribution in [0, 0.1) is 0 Å². The van der Waals surface area contributed by atoms with Gasteiger partial charge < -0.3 is 28.8 Å². The molecule has 8 rings (SSSR count). The number of hydrogen-bond acceptors (Lipinski definition) is 8. The number of fused-ring (bicyclic) bond motifs is 2. The molecule has 0 fully saturated rings. The van der Waals surface area contributed by atoms with Crippen molar-refractivity contribution in [2.75, 3.05) is 0 Å². The van der Waals surface area contributed by atoms with Gasteiger partial charge in [-0.05, 0) is 123 Å². The number of imidazole rings is 2. The summed E-state index contributed by atoms with van der Waals surface area (Å²) in [6, 6.07) is 40.6. The van der Waals surface area contributed by atoms with Gasteiger partial charge in [-0.2, -0.15) is 0 Å². The first kappa shape index (κ1) is 44.2. The van der Waals surface area contributed by atoms with E-state index >= 15 is 0 Å². The number of aromatic carboxylic acids is 2. The topological polar surface area (TPSA) is 163 Å². The Morgan fingerprint density at radius 3 is 1.39 bits per heavy atom. The van der Waals surface area contributed by atoms with Crippen molar-refractivity contribution in [1.82, 2.24) is 19.1 Å². The van der Waals surface area contributed by atoms with Gasteiger partial charge in [-0.15, -0.1) is 0 Å². The van der Waals surface area contributed by atoms with E-state index in [2.05, 4.69) is 9.97 Å². The van der Waals surface area contributed by atoms with E-state index in [0.29, 0.717) is 29.7 Å². The Bertz CT molecular complexity index is 3010. The lowest BCUT2D eigenvalue weighted by Crippen LogP contribution is -2.24. The minimum Gasteiger partial charge on any atom is -0.478 e. The molecule has 2 N–H and O–H groups in total. The molecule has 0 radical (unpaired) electrons. The van der Waals surface area contributed by atoms with E-state index in [4.69, 9.17) is 14.6 Å². The molecule has 6 aromatic carbocycles. The van der Waals surface area contributed by atoms with Crippen molar-refractivity contribution in [3.05, 3.63) is 179 Å². The highest BCUT2D eigenvalue weighted by Gasteiger charge is 2.22. The van der Waals surface area contributed by atoms with Crippen LogP contribution in [0.2, 0.25) is 0 Å². The fourth-order valence-electron chi connectivity index (χ4n) is 7.10. The third-order valence-electron chi connectivity index (χ3n) is 10.1. The maximum Gasteiger partial charge on any atom is 0.339 e. The number of benzene rings is 6. The molecular weight excluding hydrogens is 809 g/mol. The maximum atomic E-state index is 12.7. The van der Waals surface area contributed by atoms with Gasteiger partial charge in [0.1, 0.15) is 11.2 Å². The second-order valence-electron chi connectivity index (χ2n) is 17.3. The molecule has 12 nitrogen and oxygen atoms in total. The molecule has 0 bridgehead atoms. The summed E-state index contributed by atoms with van der Waals surface area (Å²) in [6.45, 7) is 12.2. The van der Waals surface area contributed by atoms with Crippen molar-refractivity contribution in [2.24, 2.45) is 0 Å². The summed E-state index contributed by atoms with van der Waals surface area (Å²) in [5.41, 5.74) is 8.98. The van der Waals surface area contributed by atoms with Crippen molar-refractivity contribution in [3.8, 4) is 22.3 Å². The number of rotatable bonds is 10. The van der Waals surface area contributed by atoms with Crippen LogP contribution in [0.15, 0.2) is 146 Å². The molecule has 0 amide bonds. The van der Waals surface area contributed by atoms with Gasteiger partial charge in [0.25, 0.3) is 0 Å². The molecule has 324 valence electrons. The minimum atomic E-state index is -0.969. The number of hydrogen-bond donors (Lipinski definition) is 2. The Morgan fingerprint density at radius 2 is 0.922 bits per heavy atom. The summed E-state index contributed by atoms with van der Waals surface area (Å²) < 4.78 is 15.0. The third kappa shape index (κ3) is 10.6. The van der Waals surface area contributed by atoms with Crippen LogP contribution in [0.25, 0.3) is 44.3 Å². The lowest BCUT2D eigenvalue weighted by Gasteiger charge is -2.20. The van der Waals surface area contributed by atoms with Crippen LogP contribution in [-0.2, 0) is 22.6 Å². The molecule has 0 aliphatic carbocycles. The van der Waals surface area contributed by atoms with E-state index in [0.717, 1.165) is 49.9 Å². The van der Waals surface area contributed by atoms with Crippen LogP contribution < -0.4 is 0 Å². The van der Waals surface area contributed by atoms with Crippen LogP contribution in [0.4, 0.5) is 0 Å². The number of esters is 2. The van der Waals surface area contributed by atoms with E-state index in [1.165, 1.54) is 0 Å². The Kier molecular flexibility index (Phi) is 12.6. The molecule has 8 aromatic rings.